The highest BCUT2D eigenvalue weighted by Crippen LogP contribution is 2.21. The molecule has 0 aliphatic heterocycles. The van der Waals surface area contributed by atoms with Gasteiger partial charge >= 0.3 is 0 Å². The number of fused-ring (bicyclic) bond motifs is 2. The molecular formula is C29H24BrN3O2. The first kappa shape index (κ1) is 23.0. The minimum atomic E-state index is -0.175. The maximum atomic E-state index is 13.1. The van der Waals surface area contributed by atoms with Gasteiger partial charge in [0, 0.05) is 10.9 Å². The van der Waals surface area contributed by atoms with Crippen LogP contribution in [-0.2, 0) is 13.0 Å². The van der Waals surface area contributed by atoms with Crippen molar-refractivity contribution in [2.75, 3.05) is 0 Å². The van der Waals surface area contributed by atoms with E-state index in [2.05, 4.69) is 63.3 Å². The van der Waals surface area contributed by atoms with Gasteiger partial charge in [0.25, 0.3) is 5.56 Å². The average Bonchev–Trinajstić information content (AvgIpc) is 2.88. The lowest BCUT2D eigenvalue weighted by molar-refractivity contribution is 0.307. The van der Waals surface area contributed by atoms with Crippen molar-refractivity contribution in [2.24, 2.45) is 5.10 Å². The molecule has 0 saturated carbocycles. The summed E-state index contributed by atoms with van der Waals surface area (Å²) in [4.78, 5) is 17.8. The quantitative estimate of drug-likeness (QED) is 0.221. The Hall–Kier alpha value is -3.77. The molecule has 0 aliphatic carbocycles. The van der Waals surface area contributed by atoms with Crippen molar-refractivity contribution in [1.82, 2.24) is 9.66 Å². The van der Waals surface area contributed by atoms with E-state index in [4.69, 9.17) is 4.74 Å². The number of hydrogen-bond acceptors (Lipinski definition) is 4. The number of ether oxygens (including phenoxy) is 1. The minimum Gasteiger partial charge on any atom is -0.489 e. The molecular weight excluding hydrogens is 502 g/mol. The first-order chi connectivity index (χ1) is 17.1. The number of halogens is 1. The van der Waals surface area contributed by atoms with Gasteiger partial charge < -0.3 is 4.74 Å². The topological polar surface area (TPSA) is 56.5 Å². The van der Waals surface area contributed by atoms with Crippen molar-refractivity contribution < 1.29 is 4.74 Å². The smallest absolute Gasteiger partial charge is 0.282 e. The second-order valence-electron chi connectivity index (χ2n) is 8.30. The minimum absolute atomic E-state index is 0.175. The Labute approximate surface area is 211 Å². The highest BCUT2D eigenvalue weighted by atomic mass is 79.9. The van der Waals surface area contributed by atoms with Gasteiger partial charge in [0.2, 0.25) is 0 Å². The Morgan fingerprint density at radius 3 is 2.60 bits per heavy atom. The molecule has 35 heavy (non-hydrogen) atoms. The van der Waals surface area contributed by atoms with E-state index < -0.39 is 0 Å². The zero-order valence-corrected chi connectivity index (χ0v) is 20.9. The van der Waals surface area contributed by atoms with E-state index in [1.54, 1.807) is 12.3 Å². The molecule has 0 saturated heterocycles. The van der Waals surface area contributed by atoms with Gasteiger partial charge in [0.05, 0.1) is 17.1 Å². The third-order valence-electron chi connectivity index (χ3n) is 5.83. The summed E-state index contributed by atoms with van der Waals surface area (Å²) in [5.74, 6) is 1.43. The molecule has 1 heterocycles. The molecule has 0 aliphatic rings. The van der Waals surface area contributed by atoms with Crippen molar-refractivity contribution in [1.29, 1.82) is 0 Å². The van der Waals surface area contributed by atoms with Crippen LogP contribution in [0.15, 0.2) is 99.3 Å². The summed E-state index contributed by atoms with van der Waals surface area (Å²) >= 11 is 3.44. The standard InChI is InChI=1S/C29H24BrN3O2/c1-2-6-28-32-27-16-13-23(30)17-26(27)29(34)33(28)31-18-20-11-14-24(15-12-20)35-19-22-9-5-8-21-7-3-4-10-25(21)22/h3-5,7-18H,2,6,19H2,1H3. The van der Waals surface area contributed by atoms with Gasteiger partial charge in [-0.1, -0.05) is 65.3 Å². The highest BCUT2D eigenvalue weighted by Gasteiger charge is 2.10. The van der Waals surface area contributed by atoms with E-state index >= 15 is 0 Å². The van der Waals surface area contributed by atoms with Crippen LogP contribution in [0.2, 0.25) is 0 Å². The average molecular weight is 526 g/mol. The molecule has 5 aromatic rings. The highest BCUT2D eigenvalue weighted by molar-refractivity contribution is 9.10. The largest absolute Gasteiger partial charge is 0.489 e. The Bertz CT molecular complexity index is 1590. The van der Waals surface area contributed by atoms with Crippen LogP contribution in [0.25, 0.3) is 21.7 Å². The lowest BCUT2D eigenvalue weighted by Gasteiger charge is -2.10. The lowest BCUT2D eigenvalue weighted by Crippen LogP contribution is -2.22. The number of benzene rings is 4. The molecule has 0 N–H and O–H groups in total. The predicted molar refractivity (Wildman–Crippen MR) is 145 cm³/mol. The van der Waals surface area contributed by atoms with Crippen LogP contribution >= 0.6 is 15.9 Å². The van der Waals surface area contributed by atoms with Crippen molar-refractivity contribution in [2.45, 2.75) is 26.4 Å². The second-order valence-corrected chi connectivity index (χ2v) is 9.21. The fourth-order valence-corrected chi connectivity index (χ4v) is 4.41. The number of aryl methyl sites for hydroxylation is 1. The second kappa shape index (κ2) is 10.2. The third-order valence-corrected chi connectivity index (χ3v) is 6.32. The normalized spacial score (nSPS) is 11.5. The number of aromatic nitrogens is 2. The van der Waals surface area contributed by atoms with Crippen molar-refractivity contribution >= 4 is 43.8 Å². The lowest BCUT2D eigenvalue weighted by atomic mass is 10.1. The summed E-state index contributed by atoms with van der Waals surface area (Å²) in [6, 6.07) is 27.8. The molecule has 5 rings (SSSR count). The number of nitrogens with zero attached hydrogens (tertiary/aromatic N) is 3. The molecule has 6 heteroatoms. The van der Waals surface area contributed by atoms with E-state index in [9.17, 15) is 4.79 Å². The van der Waals surface area contributed by atoms with Crippen LogP contribution in [0.5, 0.6) is 5.75 Å². The van der Waals surface area contributed by atoms with Gasteiger partial charge in [-0.25, -0.2) is 4.98 Å². The summed E-state index contributed by atoms with van der Waals surface area (Å²) in [5.41, 5.74) is 2.52. The fourth-order valence-electron chi connectivity index (χ4n) is 4.05. The van der Waals surface area contributed by atoms with Crippen LogP contribution in [0, 0.1) is 0 Å². The van der Waals surface area contributed by atoms with Crippen LogP contribution in [0.1, 0.15) is 30.3 Å². The first-order valence-electron chi connectivity index (χ1n) is 11.6. The van der Waals surface area contributed by atoms with E-state index in [0.717, 1.165) is 27.8 Å². The van der Waals surface area contributed by atoms with Crippen LogP contribution in [-0.4, -0.2) is 15.9 Å². The number of rotatable bonds is 7. The van der Waals surface area contributed by atoms with Crippen molar-refractivity contribution in [3.05, 3.63) is 117 Å². The molecule has 0 bridgehead atoms. The Kier molecular flexibility index (Phi) is 6.73. The zero-order chi connectivity index (χ0) is 24.2. The molecule has 4 aromatic carbocycles. The van der Waals surface area contributed by atoms with Gasteiger partial charge in [-0.3, -0.25) is 4.79 Å². The molecule has 0 fully saturated rings. The first-order valence-corrected chi connectivity index (χ1v) is 12.4. The molecule has 0 spiro atoms. The van der Waals surface area contributed by atoms with Crippen molar-refractivity contribution in [3.63, 3.8) is 0 Å². The molecule has 174 valence electrons. The van der Waals surface area contributed by atoms with Crippen molar-refractivity contribution in [3.8, 4) is 5.75 Å². The summed E-state index contributed by atoms with van der Waals surface area (Å²) in [7, 11) is 0. The Balaban J connectivity index is 1.36. The summed E-state index contributed by atoms with van der Waals surface area (Å²) in [6.07, 6.45) is 3.22. The van der Waals surface area contributed by atoms with E-state index in [0.29, 0.717) is 29.8 Å². The van der Waals surface area contributed by atoms with Gasteiger partial charge in [0.15, 0.2) is 0 Å². The SMILES string of the molecule is CCCc1nc2ccc(Br)cc2c(=O)n1N=Cc1ccc(OCc2cccc3ccccc23)cc1. The molecule has 0 unspecified atom stereocenters. The Morgan fingerprint density at radius 2 is 1.77 bits per heavy atom. The molecule has 1 aromatic heterocycles. The molecule has 0 atom stereocenters. The van der Waals surface area contributed by atoms with E-state index in [-0.39, 0.29) is 5.56 Å². The van der Waals surface area contributed by atoms with Gasteiger partial charge in [-0.05, 0) is 70.8 Å². The predicted octanol–water partition coefficient (Wildman–Crippen LogP) is 6.73. The van der Waals surface area contributed by atoms with Gasteiger partial charge in [-0.2, -0.15) is 9.78 Å². The maximum absolute atomic E-state index is 13.1. The Morgan fingerprint density at radius 1 is 0.971 bits per heavy atom. The van der Waals surface area contributed by atoms with E-state index in [1.165, 1.54) is 15.4 Å². The summed E-state index contributed by atoms with van der Waals surface area (Å²) in [5, 5.41) is 7.43. The zero-order valence-electron chi connectivity index (χ0n) is 19.3. The van der Waals surface area contributed by atoms with Crippen LogP contribution < -0.4 is 10.3 Å². The van der Waals surface area contributed by atoms with E-state index in [1.807, 2.05) is 48.5 Å². The molecule has 5 nitrogen and oxygen atoms in total. The molecule has 0 radical (unpaired) electrons. The third kappa shape index (κ3) is 5.03. The van der Waals surface area contributed by atoms with Gasteiger partial charge in [0.1, 0.15) is 18.2 Å². The summed E-state index contributed by atoms with van der Waals surface area (Å²) in [6.45, 7) is 2.55. The van der Waals surface area contributed by atoms with Crippen LogP contribution in [0.4, 0.5) is 0 Å². The molecule has 0 amide bonds. The monoisotopic (exact) mass is 525 g/mol. The maximum Gasteiger partial charge on any atom is 0.282 e. The summed E-state index contributed by atoms with van der Waals surface area (Å²) < 4.78 is 8.27. The number of hydrogen-bond donors (Lipinski definition) is 0. The van der Waals surface area contributed by atoms with Gasteiger partial charge in [-0.15, -0.1) is 0 Å². The fraction of sp³-hybridized carbons (Fsp3) is 0.138. The van der Waals surface area contributed by atoms with Crippen LogP contribution in [0.3, 0.4) is 0 Å².